The molecule has 3 rings (SSSR count). The molecule has 8 heteroatoms. The second-order valence-corrected chi connectivity index (χ2v) is 5.59. The minimum absolute atomic E-state index is 0.0970. The number of aliphatic carboxylic acids is 1. The zero-order valence-corrected chi connectivity index (χ0v) is 13.1. The molecule has 0 radical (unpaired) electrons. The van der Waals surface area contributed by atoms with Crippen molar-refractivity contribution in [2.24, 2.45) is 0 Å². The second kappa shape index (κ2) is 6.33. The summed E-state index contributed by atoms with van der Waals surface area (Å²) in [6.45, 7) is 0. The lowest BCUT2D eigenvalue weighted by Crippen LogP contribution is -2.40. The minimum Gasteiger partial charge on any atom is -0.478 e. The van der Waals surface area contributed by atoms with Gasteiger partial charge in [0, 0.05) is 11.6 Å². The van der Waals surface area contributed by atoms with Gasteiger partial charge in [-0.1, -0.05) is 29.8 Å². The summed E-state index contributed by atoms with van der Waals surface area (Å²) in [4.78, 5) is 11.1. The van der Waals surface area contributed by atoms with E-state index in [0.29, 0.717) is 5.75 Å². The Bertz CT molecular complexity index is 847. The number of rotatable bonds is 3. The highest BCUT2D eigenvalue weighted by Crippen LogP contribution is 2.42. The van der Waals surface area contributed by atoms with E-state index in [4.69, 9.17) is 26.2 Å². The summed E-state index contributed by atoms with van der Waals surface area (Å²) in [6.07, 6.45) is -6.54. The van der Waals surface area contributed by atoms with Gasteiger partial charge in [-0.15, -0.1) is 0 Å². The number of carbonyl (C=O) groups is 1. The number of hydrogen-bond acceptors (Lipinski definition) is 3. The summed E-state index contributed by atoms with van der Waals surface area (Å²) in [5.74, 6) is -1.34. The van der Waals surface area contributed by atoms with Gasteiger partial charge in [0.2, 0.25) is 6.10 Å². The minimum atomic E-state index is -4.87. The molecule has 4 nitrogen and oxygen atoms in total. The molecule has 1 N–H and O–H groups in total. The average molecular weight is 371 g/mol. The maximum absolute atomic E-state index is 13.1. The molecule has 1 unspecified atom stereocenters. The Hall–Kier alpha value is -2.67. The zero-order valence-electron chi connectivity index (χ0n) is 12.4. The first-order valence-electron chi connectivity index (χ1n) is 7.00. The Morgan fingerprint density at radius 1 is 1.20 bits per heavy atom. The maximum Gasteiger partial charge on any atom is 0.430 e. The second-order valence-electron chi connectivity index (χ2n) is 5.18. The summed E-state index contributed by atoms with van der Waals surface area (Å²) < 4.78 is 49.7. The van der Waals surface area contributed by atoms with Crippen LogP contribution in [0.5, 0.6) is 17.2 Å². The fraction of sp³-hybridized carbons (Fsp3) is 0.118. The van der Waals surface area contributed by atoms with Crippen molar-refractivity contribution < 1.29 is 32.5 Å². The predicted octanol–water partition coefficient (Wildman–Crippen LogP) is 4.92. The third kappa shape index (κ3) is 3.56. The van der Waals surface area contributed by atoms with Gasteiger partial charge in [-0.3, -0.25) is 0 Å². The van der Waals surface area contributed by atoms with Crippen LogP contribution in [0, 0.1) is 0 Å². The molecule has 0 saturated heterocycles. The van der Waals surface area contributed by atoms with E-state index >= 15 is 0 Å². The fourth-order valence-electron chi connectivity index (χ4n) is 2.31. The normalized spacial score (nSPS) is 16.5. The van der Waals surface area contributed by atoms with Crippen LogP contribution >= 0.6 is 11.6 Å². The molecular weight excluding hydrogens is 361 g/mol. The number of para-hydroxylation sites is 1. The van der Waals surface area contributed by atoms with Gasteiger partial charge in [-0.2, -0.15) is 13.2 Å². The van der Waals surface area contributed by atoms with Gasteiger partial charge in [0.15, 0.2) is 0 Å². The smallest absolute Gasteiger partial charge is 0.430 e. The summed E-state index contributed by atoms with van der Waals surface area (Å²) in [7, 11) is 0. The van der Waals surface area contributed by atoms with Crippen molar-refractivity contribution in [2.75, 3.05) is 0 Å². The molecule has 0 bridgehead atoms. The third-order valence-corrected chi connectivity index (χ3v) is 3.71. The summed E-state index contributed by atoms with van der Waals surface area (Å²) in [5.41, 5.74) is -0.781. The largest absolute Gasteiger partial charge is 0.478 e. The molecule has 2 aromatic carbocycles. The van der Waals surface area contributed by atoms with E-state index in [1.54, 1.807) is 30.3 Å². The SMILES string of the molecule is O=C(O)C1=Cc2cc(Cl)c(Oc3ccccc3)cc2OC1C(F)(F)F. The molecule has 0 saturated carbocycles. The van der Waals surface area contributed by atoms with Gasteiger partial charge >= 0.3 is 12.1 Å². The van der Waals surface area contributed by atoms with Gasteiger partial charge in [-0.25, -0.2) is 4.79 Å². The number of carboxylic acid groups (broad SMARTS) is 1. The molecule has 130 valence electrons. The lowest BCUT2D eigenvalue weighted by molar-refractivity contribution is -0.187. The molecule has 1 aliphatic rings. The van der Waals surface area contributed by atoms with Gasteiger partial charge in [-0.05, 0) is 24.3 Å². The van der Waals surface area contributed by atoms with Crippen LogP contribution in [0.4, 0.5) is 13.2 Å². The van der Waals surface area contributed by atoms with E-state index in [2.05, 4.69) is 0 Å². The molecule has 0 spiro atoms. The highest BCUT2D eigenvalue weighted by atomic mass is 35.5. The molecule has 0 aliphatic carbocycles. The number of hydrogen-bond donors (Lipinski definition) is 1. The first-order valence-corrected chi connectivity index (χ1v) is 7.38. The van der Waals surface area contributed by atoms with E-state index < -0.39 is 23.8 Å². The first kappa shape index (κ1) is 17.2. The Labute approximate surface area is 145 Å². The Balaban J connectivity index is 2.02. The molecule has 2 aromatic rings. The van der Waals surface area contributed by atoms with Crippen LogP contribution in [0.25, 0.3) is 6.08 Å². The lowest BCUT2D eigenvalue weighted by atomic mass is 10.0. The first-order chi connectivity index (χ1) is 11.8. The van der Waals surface area contributed by atoms with Crippen molar-refractivity contribution in [3.8, 4) is 17.2 Å². The van der Waals surface area contributed by atoms with Gasteiger partial charge in [0.25, 0.3) is 0 Å². The number of fused-ring (bicyclic) bond motifs is 1. The van der Waals surface area contributed by atoms with Crippen molar-refractivity contribution in [2.45, 2.75) is 12.3 Å². The van der Waals surface area contributed by atoms with Crippen molar-refractivity contribution in [1.29, 1.82) is 0 Å². The highest BCUT2D eigenvalue weighted by molar-refractivity contribution is 6.32. The van der Waals surface area contributed by atoms with Crippen molar-refractivity contribution in [1.82, 2.24) is 0 Å². The summed E-state index contributed by atoms with van der Waals surface area (Å²) in [6, 6.07) is 11.0. The number of alkyl halides is 3. The topological polar surface area (TPSA) is 55.8 Å². The number of carboxylic acids is 1. The van der Waals surface area contributed by atoms with Crippen LogP contribution in [0.2, 0.25) is 5.02 Å². The third-order valence-electron chi connectivity index (χ3n) is 3.42. The number of ether oxygens (including phenoxy) is 2. The van der Waals surface area contributed by atoms with Gasteiger partial charge < -0.3 is 14.6 Å². The van der Waals surface area contributed by atoms with Crippen molar-refractivity contribution in [3.05, 3.63) is 58.6 Å². The Kier molecular flexibility index (Phi) is 4.34. The molecule has 0 fully saturated rings. The quantitative estimate of drug-likeness (QED) is 0.833. The standard InChI is InChI=1S/C17H10ClF3O4/c18-12-7-9-6-11(16(22)23)15(17(19,20)21)25-13(9)8-14(12)24-10-4-2-1-3-5-10/h1-8,15H,(H,22,23). The molecule has 1 heterocycles. The number of benzene rings is 2. The van der Waals surface area contributed by atoms with E-state index in [1.165, 1.54) is 12.1 Å². The summed E-state index contributed by atoms with van der Waals surface area (Å²) in [5, 5.41) is 9.12. The average Bonchev–Trinajstić information content (AvgIpc) is 2.54. The predicted molar refractivity (Wildman–Crippen MR) is 84.1 cm³/mol. The molecular formula is C17H10ClF3O4. The monoisotopic (exact) mass is 370 g/mol. The van der Waals surface area contributed by atoms with Crippen LogP contribution in [0.1, 0.15) is 5.56 Å². The molecule has 1 atom stereocenters. The lowest BCUT2D eigenvalue weighted by Gasteiger charge is -2.27. The number of halogens is 4. The van der Waals surface area contributed by atoms with Crippen molar-refractivity contribution >= 4 is 23.6 Å². The van der Waals surface area contributed by atoms with Gasteiger partial charge in [0.05, 0.1) is 10.6 Å². The zero-order chi connectivity index (χ0) is 18.2. The Morgan fingerprint density at radius 2 is 1.88 bits per heavy atom. The molecule has 1 aliphatic heterocycles. The van der Waals surface area contributed by atoms with Crippen LogP contribution in [-0.2, 0) is 4.79 Å². The van der Waals surface area contributed by atoms with Gasteiger partial charge in [0.1, 0.15) is 17.2 Å². The summed E-state index contributed by atoms with van der Waals surface area (Å²) >= 11 is 6.09. The van der Waals surface area contributed by atoms with E-state index in [0.717, 1.165) is 6.08 Å². The molecule has 0 amide bonds. The molecule has 25 heavy (non-hydrogen) atoms. The molecule has 0 aromatic heterocycles. The van der Waals surface area contributed by atoms with E-state index in [1.807, 2.05) is 0 Å². The van der Waals surface area contributed by atoms with Crippen LogP contribution < -0.4 is 9.47 Å². The van der Waals surface area contributed by atoms with Crippen LogP contribution in [-0.4, -0.2) is 23.4 Å². The van der Waals surface area contributed by atoms with Crippen LogP contribution in [0.15, 0.2) is 48.0 Å². The highest BCUT2D eigenvalue weighted by Gasteiger charge is 2.48. The van der Waals surface area contributed by atoms with Crippen LogP contribution in [0.3, 0.4) is 0 Å². The van der Waals surface area contributed by atoms with E-state index in [9.17, 15) is 18.0 Å². The van der Waals surface area contributed by atoms with Crippen molar-refractivity contribution in [3.63, 3.8) is 0 Å². The van der Waals surface area contributed by atoms with E-state index in [-0.39, 0.29) is 22.1 Å². The fourth-order valence-corrected chi connectivity index (χ4v) is 2.52. The maximum atomic E-state index is 13.1. The Morgan fingerprint density at radius 3 is 2.48 bits per heavy atom.